The molecule has 1 aromatic heterocycles. The number of nitrogens with one attached hydrogen (secondary N) is 1. The quantitative estimate of drug-likeness (QED) is 0.815. The van der Waals surface area contributed by atoms with E-state index in [-0.39, 0.29) is 18.6 Å². The average molecular weight is 225 g/mol. The van der Waals surface area contributed by atoms with Crippen molar-refractivity contribution < 1.29 is 9.90 Å². The fourth-order valence-corrected chi connectivity index (χ4v) is 2.94. The third-order valence-electron chi connectivity index (χ3n) is 2.62. The SMILES string of the molecule is C[C@@H](CO)NC(=O)c1cc2c(s1)CCC2. The molecule has 15 heavy (non-hydrogen) atoms. The molecule has 0 saturated carbocycles. The van der Waals surface area contributed by atoms with Gasteiger partial charge in [-0.2, -0.15) is 0 Å². The normalized spacial score (nSPS) is 16.1. The number of carbonyl (C=O) groups is 1. The third kappa shape index (κ3) is 2.21. The molecule has 3 nitrogen and oxygen atoms in total. The van der Waals surface area contributed by atoms with Gasteiger partial charge in [-0.25, -0.2) is 0 Å². The summed E-state index contributed by atoms with van der Waals surface area (Å²) in [5, 5.41) is 11.6. The summed E-state index contributed by atoms with van der Waals surface area (Å²) in [6.07, 6.45) is 3.44. The molecule has 82 valence electrons. The van der Waals surface area contributed by atoms with E-state index < -0.39 is 0 Å². The van der Waals surface area contributed by atoms with Gasteiger partial charge in [0, 0.05) is 10.9 Å². The van der Waals surface area contributed by atoms with E-state index in [0.29, 0.717) is 0 Å². The molecule has 0 bridgehead atoms. The Morgan fingerprint density at radius 1 is 1.67 bits per heavy atom. The van der Waals surface area contributed by atoms with Gasteiger partial charge in [0.15, 0.2) is 0 Å². The van der Waals surface area contributed by atoms with E-state index in [1.54, 1.807) is 18.3 Å². The Morgan fingerprint density at radius 2 is 2.47 bits per heavy atom. The maximum absolute atomic E-state index is 11.7. The molecule has 1 atom stereocenters. The van der Waals surface area contributed by atoms with Gasteiger partial charge in [-0.1, -0.05) is 0 Å². The molecule has 0 aromatic carbocycles. The molecule has 1 aliphatic rings. The second-order valence-electron chi connectivity index (χ2n) is 3.97. The topological polar surface area (TPSA) is 49.3 Å². The first kappa shape index (κ1) is 10.6. The molecule has 2 rings (SSSR count). The summed E-state index contributed by atoms with van der Waals surface area (Å²) in [5.41, 5.74) is 1.34. The van der Waals surface area contributed by atoms with Gasteiger partial charge in [-0.05, 0) is 37.8 Å². The predicted octanol–water partition coefficient (Wildman–Crippen LogP) is 1.35. The number of aliphatic hydroxyl groups is 1. The first-order valence-electron chi connectivity index (χ1n) is 5.24. The van der Waals surface area contributed by atoms with Gasteiger partial charge in [-0.15, -0.1) is 11.3 Å². The monoisotopic (exact) mass is 225 g/mol. The first-order chi connectivity index (χ1) is 7.20. The lowest BCUT2D eigenvalue weighted by Crippen LogP contribution is -2.34. The van der Waals surface area contributed by atoms with Crippen LogP contribution in [0.4, 0.5) is 0 Å². The summed E-state index contributed by atoms with van der Waals surface area (Å²) < 4.78 is 0. The first-order valence-corrected chi connectivity index (χ1v) is 6.05. The number of aliphatic hydroxyl groups excluding tert-OH is 1. The van der Waals surface area contributed by atoms with Crippen molar-refractivity contribution in [3.8, 4) is 0 Å². The molecule has 0 aliphatic heterocycles. The maximum Gasteiger partial charge on any atom is 0.261 e. The third-order valence-corrected chi connectivity index (χ3v) is 3.86. The van der Waals surface area contributed by atoms with Crippen LogP contribution >= 0.6 is 11.3 Å². The van der Waals surface area contributed by atoms with Gasteiger partial charge in [0.1, 0.15) is 0 Å². The highest BCUT2D eigenvalue weighted by Gasteiger charge is 2.18. The van der Waals surface area contributed by atoms with Crippen molar-refractivity contribution in [3.63, 3.8) is 0 Å². The van der Waals surface area contributed by atoms with Gasteiger partial charge in [-0.3, -0.25) is 4.79 Å². The van der Waals surface area contributed by atoms with E-state index in [2.05, 4.69) is 5.32 Å². The van der Waals surface area contributed by atoms with Crippen molar-refractivity contribution in [2.75, 3.05) is 6.61 Å². The van der Waals surface area contributed by atoms with Crippen LogP contribution in [0.2, 0.25) is 0 Å². The molecule has 1 aliphatic carbocycles. The molecule has 1 heterocycles. The molecular weight excluding hydrogens is 210 g/mol. The minimum Gasteiger partial charge on any atom is -0.394 e. The van der Waals surface area contributed by atoms with E-state index in [1.165, 1.54) is 16.9 Å². The van der Waals surface area contributed by atoms with Crippen LogP contribution in [0.3, 0.4) is 0 Å². The van der Waals surface area contributed by atoms with E-state index in [4.69, 9.17) is 5.11 Å². The van der Waals surface area contributed by atoms with Crippen molar-refractivity contribution >= 4 is 17.2 Å². The summed E-state index contributed by atoms with van der Waals surface area (Å²) in [4.78, 5) is 13.8. The Kier molecular flexibility index (Phi) is 3.07. The smallest absolute Gasteiger partial charge is 0.261 e. The van der Waals surface area contributed by atoms with E-state index in [1.807, 2.05) is 6.07 Å². The van der Waals surface area contributed by atoms with Crippen LogP contribution < -0.4 is 5.32 Å². The number of thiophene rings is 1. The minimum absolute atomic E-state index is 0.0170. The zero-order valence-corrected chi connectivity index (χ0v) is 9.56. The lowest BCUT2D eigenvalue weighted by Gasteiger charge is -2.08. The van der Waals surface area contributed by atoms with Gasteiger partial charge in [0.05, 0.1) is 11.5 Å². The maximum atomic E-state index is 11.7. The molecule has 1 amide bonds. The molecule has 1 aromatic rings. The molecule has 0 unspecified atom stereocenters. The number of rotatable bonds is 3. The number of aryl methyl sites for hydroxylation is 2. The van der Waals surface area contributed by atoms with E-state index in [0.717, 1.165) is 17.7 Å². The lowest BCUT2D eigenvalue weighted by molar-refractivity contribution is 0.0926. The number of hydrogen-bond donors (Lipinski definition) is 2. The zero-order chi connectivity index (χ0) is 10.8. The highest BCUT2D eigenvalue weighted by molar-refractivity contribution is 7.14. The summed E-state index contributed by atoms with van der Waals surface area (Å²) in [6.45, 7) is 1.77. The zero-order valence-electron chi connectivity index (χ0n) is 8.75. The van der Waals surface area contributed by atoms with Gasteiger partial charge in [0.2, 0.25) is 0 Å². The largest absolute Gasteiger partial charge is 0.394 e. The van der Waals surface area contributed by atoms with Crippen LogP contribution in [-0.2, 0) is 12.8 Å². The van der Waals surface area contributed by atoms with Crippen molar-refractivity contribution in [2.45, 2.75) is 32.2 Å². The second kappa shape index (κ2) is 4.33. The van der Waals surface area contributed by atoms with E-state index in [9.17, 15) is 4.79 Å². The molecular formula is C11H15NO2S. The van der Waals surface area contributed by atoms with Crippen LogP contribution in [-0.4, -0.2) is 23.7 Å². The summed E-state index contributed by atoms with van der Waals surface area (Å²) in [5.74, 6) is -0.0593. The van der Waals surface area contributed by atoms with Crippen LogP contribution in [0.15, 0.2) is 6.07 Å². The standard InChI is InChI=1S/C11H15NO2S/c1-7(6-13)12-11(14)10-5-8-3-2-4-9(8)15-10/h5,7,13H,2-4,6H2,1H3,(H,12,14)/t7-/m0/s1. The predicted molar refractivity (Wildman–Crippen MR) is 60.4 cm³/mol. The Morgan fingerprint density at radius 3 is 3.13 bits per heavy atom. The lowest BCUT2D eigenvalue weighted by atomic mass is 10.2. The number of hydrogen-bond acceptors (Lipinski definition) is 3. The fourth-order valence-electron chi connectivity index (χ4n) is 1.78. The summed E-state index contributed by atoms with van der Waals surface area (Å²) in [6, 6.07) is 1.82. The Bertz CT molecular complexity index is 351. The Labute approximate surface area is 93.1 Å². The summed E-state index contributed by atoms with van der Waals surface area (Å²) >= 11 is 1.59. The van der Waals surface area contributed by atoms with Crippen LogP contribution in [0.25, 0.3) is 0 Å². The Balaban J connectivity index is 2.06. The van der Waals surface area contributed by atoms with Gasteiger partial charge < -0.3 is 10.4 Å². The molecule has 0 saturated heterocycles. The fraction of sp³-hybridized carbons (Fsp3) is 0.545. The average Bonchev–Trinajstić information content (AvgIpc) is 2.76. The van der Waals surface area contributed by atoms with Crippen molar-refractivity contribution in [2.24, 2.45) is 0 Å². The number of amides is 1. The summed E-state index contributed by atoms with van der Waals surface area (Å²) in [7, 11) is 0. The molecule has 4 heteroatoms. The molecule has 0 radical (unpaired) electrons. The molecule has 0 fully saturated rings. The molecule has 2 N–H and O–H groups in total. The van der Waals surface area contributed by atoms with E-state index >= 15 is 0 Å². The van der Waals surface area contributed by atoms with Gasteiger partial charge in [0.25, 0.3) is 5.91 Å². The van der Waals surface area contributed by atoms with Crippen molar-refractivity contribution in [1.82, 2.24) is 5.32 Å². The number of fused-ring (bicyclic) bond motifs is 1. The van der Waals surface area contributed by atoms with Crippen molar-refractivity contribution in [1.29, 1.82) is 0 Å². The number of carbonyl (C=O) groups excluding carboxylic acids is 1. The van der Waals surface area contributed by atoms with Crippen LogP contribution in [0.1, 0.15) is 33.5 Å². The molecule has 0 spiro atoms. The second-order valence-corrected chi connectivity index (χ2v) is 5.11. The highest BCUT2D eigenvalue weighted by atomic mass is 32.1. The van der Waals surface area contributed by atoms with Crippen LogP contribution in [0.5, 0.6) is 0 Å². The van der Waals surface area contributed by atoms with Crippen molar-refractivity contribution in [3.05, 3.63) is 21.4 Å². The highest BCUT2D eigenvalue weighted by Crippen LogP contribution is 2.30. The Hall–Kier alpha value is -0.870. The van der Waals surface area contributed by atoms with Crippen LogP contribution in [0, 0.1) is 0 Å². The van der Waals surface area contributed by atoms with Gasteiger partial charge >= 0.3 is 0 Å². The minimum atomic E-state index is -0.172.